The summed E-state index contributed by atoms with van der Waals surface area (Å²) in [5, 5.41) is 5.68. The van der Waals surface area contributed by atoms with Crippen molar-refractivity contribution in [3.63, 3.8) is 0 Å². The summed E-state index contributed by atoms with van der Waals surface area (Å²) < 4.78 is 2.11. The largest absolute Gasteiger partial charge is 0.310 e. The predicted molar refractivity (Wildman–Crippen MR) is 88.8 cm³/mol. The van der Waals surface area contributed by atoms with E-state index in [0.717, 1.165) is 17.9 Å². The molecule has 0 amide bonds. The van der Waals surface area contributed by atoms with Crippen LogP contribution in [-0.2, 0) is 6.42 Å². The van der Waals surface area contributed by atoms with Gasteiger partial charge in [-0.3, -0.25) is 4.40 Å². The van der Waals surface area contributed by atoms with Crippen molar-refractivity contribution in [1.29, 1.82) is 0 Å². The number of hydrogen-bond acceptors (Lipinski definition) is 3. The highest BCUT2D eigenvalue weighted by Crippen LogP contribution is 2.25. The quantitative estimate of drug-likeness (QED) is 0.747. The van der Waals surface area contributed by atoms with E-state index in [0.29, 0.717) is 12.0 Å². The molecule has 2 heterocycles. The Labute approximate surface area is 129 Å². The highest BCUT2D eigenvalue weighted by atomic mass is 32.1. The SMILES string of the molecule is CCNC(c1ccccc1)C(C)Cc1cn2ccsc2n1. The van der Waals surface area contributed by atoms with Crippen molar-refractivity contribution in [2.24, 2.45) is 5.92 Å². The molecule has 0 bridgehead atoms. The molecular formula is C17H21N3S. The molecule has 0 fully saturated rings. The topological polar surface area (TPSA) is 29.3 Å². The van der Waals surface area contributed by atoms with E-state index in [1.807, 2.05) is 0 Å². The van der Waals surface area contributed by atoms with E-state index in [2.05, 4.69) is 71.7 Å². The normalized spacial score (nSPS) is 14.4. The van der Waals surface area contributed by atoms with Gasteiger partial charge >= 0.3 is 0 Å². The maximum absolute atomic E-state index is 4.70. The summed E-state index contributed by atoms with van der Waals surface area (Å²) in [7, 11) is 0. The Morgan fingerprint density at radius 2 is 2.10 bits per heavy atom. The average Bonchev–Trinajstić information content (AvgIpc) is 3.06. The molecule has 0 saturated heterocycles. The fourth-order valence-corrected chi connectivity index (χ4v) is 3.57. The van der Waals surface area contributed by atoms with Crippen LogP contribution in [0.1, 0.15) is 31.1 Å². The molecular weight excluding hydrogens is 278 g/mol. The lowest BCUT2D eigenvalue weighted by Crippen LogP contribution is -2.28. The maximum Gasteiger partial charge on any atom is 0.193 e. The zero-order valence-corrected chi connectivity index (χ0v) is 13.3. The van der Waals surface area contributed by atoms with Gasteiger partial charge in [-0.25, -0.2) is 4.98 Å². The molecule has 0 aliphatic rings. The highest BCUT2D eigenvalue weighted by molar-refractivity contribution is 7.15. The molecule has 4 heteroatoms. The van der Waals surface area contributed by atoms with Crippen LogP contribution in [0.3, 0.4) is 0 Å². The molecule has 110 valence electrons. The summed E-state index contributed by atoms with van der Waals surface area (Å²) in [6.45, 7) is 5.44. The second kappa shape index (κ2) is 6.41. The Kier molecular flexibility index (Phi) is 4.36. The molecule has 2 atom stereocenters. The Morgan fingerprint density at radius 1 is 1.29 bits per heavy atom. The summed E-state index contributed by atoms with van der Waals surface area (Å²) in [4.78, 5) is 5.78. The molecule has 3 aromatic rings. The van der Waals surface area contributed by atoms with Gasteiger partial charge in [0.1, 0.15) is 0 Å². The number of nitrogens with one attached hydrogen (secondary N) is 1. The number of aromatic nitrogens is 2. The van der Waals surface area contributed by atoms with Crippen LogP contribution < -0.4 is 5.32 Å². The van der Waals surface area contributed by atoms with E-state index < -0.39 is 0 Å². The molecule has 0 aliphatic carbocycles. The first-order chi connectivity index (χ1) is 10.3. The lowest BCUT2D eigenvalue weighted by Gasteiger charge is -2.24. The van der Waals surface area contributed by atoms with Crippen LogP contribution in [0.2, 0.25) is 0 Å². The van der Waals surface area contributed by atoms with Gasteiger partial charge in [-0.15, -0.1) is 11.3 Å². The van der Waals surface area contributed by atoms with Gasteiger partial charge in [0.15, 0.2) is 4.96 Å². The van der Waals surface area contributed by atoms with Gasteiger partial charge in [0, 0.05) is 23.8 Å². The van der Waals surface area contributed by atoms with E-state index in [-0.39, 0.29) is 0 Å². The molecule has 1 N–H and O–H groups in total. The van der Waals surface area contributed by atoms with Crippen molar-refractivity contribution in [3.05, 3.63) is 59.4 Å². The van der Waals surface area contributed by atoms with E-state index in [4.69, 9.17) is 4.98 Å². The van der Waals surface area contributed by atoms with Crippen molar-refractivity contribution in [1.82, 2.24) is 14.7 Å². The summed E-state index contributed by atoms with van der Waals surface area (Å²) >= 11 is 1.69. The molecule has 1 aromatic carbocycles. The van der Waals surface area contributed by atoms with Crippen LogP contribution >= 0.6 is 11.3 Å². The fourth-order valence-electron chi connectivity index (χ4n) is 2.85. The second-order valence-electron chi connectivity index (χ2n) is 5.45. The number of rotatable bonds is 6. The minimum absolute atomic E-state index is 0.371. The third kappa shape index (κ3) is 3.17. The molecule has 0 radical (unpaired) electrons. The molecule has 0 spiro atoms. The lowest BCUT2D eigenvalue weighted by molar-refractivity contribution is 0.389. The molecule has 0 saturated carbocycles. The number of benzene rings is 1. The zero-order valence-electron chi connectivity index (χ0n) is 12.5. The van der Waals surface area contributed by atoms with Gasteiger partial charge in [-0.05, 0) is 24.4 Å². The first kappa shape index (κ1) is 14.3. The third-order valence-corrected chi connectivity index (χ3v) is 4.60. The van der Waals surface area contributed by atoms with Crippen LogP contribution in [0.15, 0.2) is 48.1 Å². The van der Waals surface area contributed by atoms with Crippen LogP contribution in [0.5, 0.6) is 0 Å². The van der Waals surface area contributed by atoms with Gasteiger partial charge in [-0.2, -0.15) is 0 Å². The van der Waals surface area contributed by atoms with Crippen LogP contribution in [0.4, 0.5) is 0 Å². The zero-order chi connectivity index (χ0) is 14.7. The third-order valence-electron chi connectivity index (χ3n) is 3.83. The molecule has 3 rings (SSSR count). The fraction of sp³-hybridized carbons (Fsp3) is 0.353. The van der Waals surface area contributed by atoms with Gasteiger partial charge in [-0.1, -0.05) is 44.2 Å². The predicted octanol–water partition coefficient (Wildman–Crippen LogP) is 3.93. The molecule has 0 aliphatic heterocycles. The highest BCUT2D eigenvalue weighted by Gasteiger charge is 2.19. The standard InChI is InChI=1S/C17H21N3S/c1-3-18-16(14-7-5-4-6-8-14)13(2)11-15-12-20-9-10-21-17(20)19-15/h4-10,12-13,16,18H,3,11H2,1-2H3. The number of imidazole rings is 1. The molecule has 3 nitrogen and oxygen atoms in total. The van der Waals surface area contributed by atoms with Crippen LogP contribution in [0.25, 0.3) is 4.96 Å². The average molecular weight is 299 g/mol. The van der Waals surface area contributed by atoms with E-state index in [9.17, 15) is 0 Å². The van der Waals surface area contributed by atoms with E-state index in [1.54, 1.807) is 11.3 Å². The number of nitrogens with zero attached hydrogens (tertiary/aromatic N) is 2. The van der Waals surface area contributed by atoms with Crippen molar-refractivity contribution < 1.29 is 0 Å². The Bertz CT molecular complexity index is 658. The summed E-state index contributed by atoms with van der Waals surface area (Å²) in [5.74, 6) is 0.497. The molecule has 2 aromatic heterocycles. The lowest BCUT2D eigenvalue weighted by atomic mass is 9.91. The van der Waals surface area contributed by atoms with Crippen LogP contribution in [0, 0.1) is 5.92 Å². The first-order valence-corrected chi connectivity index (χ1v) is 8.35. The number of thiazole rings is 1. The number of hydrogen-bond donors (Lipinski definition) is 1. The van der Waals surface area contributed by atoms with E-state index >= 15 is 0 Å². The Morgan fingerprint density at radius 3 is 2.81 bits per heavy atom. The second-order valence-corrected chi connectivity index (χ2v) is 6.33. The van der Waals surface area contributed by atoms with Crippen molar-refractivity contribution in [2.75, 3.05) is 6.54 Å². The van der Waals surface area contributed by atoms with Crippen molar-refractivity contribution in [3.8, 4) is 0 Å². The smallest absolute Gasteiger partial charge is 0.193 e. The van der Waals surface area contributed by atoms with Crippen LogP contribution in [-0.4, -0.2) is 15.9 Å². The van der Waals surface area contributed by atoms with Crippen molar-refractivity contribution in [2.45, 2.75) is 26.3 Å². The van der Waals surface area contributed by atoms with Gasteiger partial charge < -0.3 is 5.32 Å². The summed E-state index contributed by atoms with van der Waals surface area (Å²) in [5.41, 5.74) is 2.53. The first-order valence-electron chi connectivity index (χ1n) is 7.47. The molecule has 2 unspecified atom stereocenters. The number of fused-ring (bicyclic) bond motifs is 1. The van der Waals surface area contributed by atoms with Gasteiger partial charge in [0.05, 0.1) is 5.69 Å². The minimum atomic E-state index is 0.371. The monoisotopic (exact) mass is 299 g/mol. The summed E-state index contributed by atoms with van der Waals surface area (Å²) in [6, 6.07) is 11.1. The van der Waals surface area contributed by atoms with Gasteiger partial charge in [0.25, 0.3) is 0 Å². The molecule has 21 heavy (non-hydrogen) atoms. The van der Waals surface area contributed by atoms with Gasteiger partial charge in [0.2, 0.25) is 0 Å². The Hall–Kier alpha value is -1.65. The van der Waals surface area contributed by atoms with Crippen molar-refractivity contribution >= 4 is 16.3 Å². The Balaban J connectivity index is 1.77. The minimum Gasteiger partial charge on any atom is -0.310 e. The van der Waals surface area contributed by atoms with E-state index in [1.165, 1.54) is 11.3 Å². The maximum atomic E-state index is 4.70. The summed E-state index contributed by atoms with van der Waals surface area (Å²) in [6.07, 6.45) is 5.21.